The standard InChI is InChI=1S/C33H35ClN4O2/c1-20(2)30(24-7-5-6-8-27(24)34)35-32(39)23-9-11-28-26(18-23)31(37-36-28)22-10-12-29-25(17-22)21(3)19-33(40-29)13-15-38(4)16-14-33/h5-12,17-20,30H,13-16H2,1-4H3,(H,35,39)(H,36,37)/t30-/m0/s1. The second kappa shape index (κ2) is 10.4. The largest absolute Gasteiger partial charge is 0.482 e. The van der Waals surface area contributed by atoms with Crippen molar-refractivity contribution in [3.63, 3.8) is 0 Å². The molecule has 6 nitrogen and oxygen atoms in total. The van der Waals surface area contributed by atoms with Gasteiger partial charge in [0, 0.05) is 53.0 Å². The highest BCUT2D eigenvalue weighted by atomic mass is 35.5. The predicted molar refractivity (Wildman–Crippen MR) is 162 cm³/mol. The number of benzene rings is 3. The van der Waals surface area contributed by atoms with Crippen LogP contribution in [-0.2, 0) is 0 Å². The molecule has 0 unspecified atom stereocenters. The van der Waals surface area contributed by atoms with E-state index in [1.165, 1.54) is 5.57 Å². The fourth-order valence-corrected chi connectivity index (χ4v) is 6.22. The molecule has 206 valence electrons. The fraction of sp³-hybridized carbons (Fsp3) is 0.333. The number of H-pyrrole nitrogens is 1. The van der Waals surface area contributed by atoms with Crippen molar-refractivity contribution in [3.05, 3.63) is 88.5 Å². The van der Waals surface area contributed by atoms with Crippen LogP contribution in [0.25, 0.3) is 27.7 Å². The Labute approximate surface area is 240 Å². The van der Waals surface area contributed by atoms with Gasteiger partial charge in [-0.3, -0.25) is 9.89 Å². The van der Waals surface area contributed by atoms with Crippen LogP contribution in [0.3, 0.4) is 0 Å². The average molecular weight is 555 g/mol. The fourth-order valence-electron chi connectivity index (χ4n) is 5.97. The number of nitrogens with zero attached hydrogens (tertiary/aromatic N) is 2. The van der Waals surface area contributed by atoms with E-state index in [0.717, 1.165) is 65.0 Å². The summed E-state index contributed by atoms with van der Waals surface area (Å²) in [7, 11) is 2.16. The van der Waals surface area contributed by atoms with Gasteiger partial charge in [-0.1, -0.05) is 43.6 Å². The molecular formula is C33H35ClN4O2. The van der Waals surface area contributed by atoms with E-state index in [-0.39, 0.29) is 23.5 Å². The molecule has 1 saturated heterocycles. The summed E-state index contributed by atoms with van der Waals surface area (Å²) in [5.41, 5.74) is 6.27. The van der Waals surface area contributed by atoms with E-state index in [0.29, 0.717) is 10.6 Å². The van der Waals surface area contributed by atoms with Crippen LogP contribution in [0, 0.1) is 5.92 Å². The van der Waals surface area contributed by atoms with Crippen LogP contribution in [0.4, 0.5) is 0 Å². The highest BCUT2D eigenvalue weighted by molar-refractivity contribution is 6.31. The molecule has 40 heavy (non-hydrogen) atoms. The summed E-state index contributed by atoms with van der Waals surface area (Å²) in [5, 5.41) is 12.5. The molecule has 7 heteroatoms. The quantitative estimate of drug-likeness (QED) is 0.272. The molecular weight excluding hydrogens is 520 g/mol. The number of hydrogen-bond donors (Lipinski definition) is 2. The Hall–Kier alpha value is -3.61. The minimum absolute atomic E-state index is 0.145. The van der Waals surface area contributed by atoms with Crippen molar-refractivity contribution in [3.8, 4) is 17.0 Å². The van der Waals surface area contributed by atoms with E-state index < -0.39 is 0 Å². The number of aromatic amines is 1. The van der Waals surface area contributed by atoms with Gasteiger partial charge >= 0.3 is 0 Å². The van der Waals surface area contributed by atoms with E-state index in [1.54, 1.807) is 0 Å². The zero-order chi connectivity index (χ0) is 28.0. The molecule has 0 radical (unpaired) electrons. The van der Waals surface area contributed by atoms with Crippen molar-refractivity contribution in [2.24, 2.45) is 5.92 Å². The first-order chi connectivity index (χ1) is 19.2. The van der Waals surface area contributed by atoms with Gasteiger partial charge in [0.05, 0.1) is 17.3 Å². The molecule has 1 amide bonds. The number of carbonyl (C=O) groups excluding carboxylic acids is 1. The molecule has 0 aliphatic carbocycles. The molecule has 4 aromatic rings. The monoisotopic (exact) mass is 554 g/mol. The number of ether oxygens (including phenoxy) is 1. The molecule has 3 aromatic carbocycles. The Balaban J connectivity index is 1.30. The number of halogens is 1. The average Bonchev–Trinajstić information content (AvgIpc) is 3.37. The number of rotatable bonds is 5. The Morgan fingerprint density at radius 1 is 1.10 bits per heavy atom. The number of nitrogens with one attached hydrogen (secondary N) is 2. The third-order valence-electron chi connectivity index (χ3n) is 8.32. The maximum Gasteiger partial charge on any atom is 0.251 e. The van der Waals surface area contributed by atoms with Gasteiger partial charge in [-0.25, -0.2) is 0 Å². The van der Waals surface area contributed by atoms with E-state index in [9.17, 15) is 4.79 Å². The van der Waals surface area contributed by atoms with Crippen molar-refractivity contribution in [1.82, 2.24) is 20.4 Å². The third-order valence-corrected chi connectivity index (χ3v) is 8.67. The zero-order valence-electron chi connectivity index (χ0n) is 23.4. The maximum absolute atomic E-state index is 13.4. The molecule has 2 N–H and O–H groups in total. The molecule has 6 rings (SSSR count). The van der Waals surface area contributed by atoms with Gasteiger partial charge in [-0.05, 0) is 79.6 Å². The second-order valence-corrected chi connectivity index (χ2v) is 12.0. The summed E-state index contributed by atoms with van der Waals surface area (Å²) < 4.78 is 6.60. The number of allylic oxidation sites excluding steroid dienone is 1. The number of carbonyl (C=O) groups is 1. The number of likely N-dealkylation sites (tertiary alicyclic amines) is 1. The summed E-state index contributed by atoms with van der Waals surface area (Å²) in [6, 6.07) is 19.4. The molecule has 2 aliphatic rings. The molecule has 3 heterocycles. The molecule has 0 saturated carbocycles. The van der Waals surface area contributed by atoms with Crippen LogP contribution < -0.4 is 10.1 Å². The SMILES string of the molecule is CC1=CC2(CCN(C)CC2)Oc2ccc(-c3n[nH]c4ccc(C(=O)N[C@H](c5ccccc5Cl)C(C)C)cc34)cc21. The van der Waals surface area contributed by atoms with Crippen LogP contribution in [0.1, 0.15) is 61.1 Å². The van der Waals surface area contributed by atoms with Crippen LogP contribution >= 0.6 is 11.6 Å². The number of hydrogen-bond acceptors (Lipinski definition) is 4. The Bertz CT molecular complexity index is 1610. The minimum Gasteiger partial charge on any atom is -0.482 e. The van der Waals surface area contributed by atoms with Crippen molar-refractivity contribution >= 4 is 34.0 Å². The lowest BCUT2D eigenvalue weighted by atomic mass is 9.85. The lowest BCUT2D eigenvalue weighted by Gasteiger charge is -2.42. The Morgan fingerprint density at radius 3 is 2.62 bits per heavy atom. The van der Waals surface area contributed by atoms with Gasteiger partial charge in [0.25, 0.3) is 5.91 Å². The van der Waals surface area contributed by atoms with Gasteiger partial charge in [0.2, 0.25) is 0 Å². The Kier molecular flexibility index (Phi) is 6.93. The Morgan fingerprint density at radius 2 is 1.88 bits per heavy atom. The number of aromatic nitrogens is 2. The normalized spacial score (nSPS) is 17.4. The van der Waals surface area contributed by atoms with Gasteiger partial charge in [-0.15, -0.1) is 0 Å². The number of piperidine rings is 1. The molecule has 0 bridgehead atoms. The van der Waals surface area contributed by atoms with Crippen molar-refractivity contribution in [1.29, 1.82) is 0 Å². The number of amides is 1. The lowest BCUT2D eigenvalue weighted by Crippen LogP contribution is -2.46. The molecule has 1 fully saturated rings. The van der Waals surface area contributed by atoms with Gasteiger partial charge < -0.3 is 15.0 Å². The van der Waals surface area contributed by atoms with E-state index >= 15 is 0 Å². The lowest BCUT2D eigenvalue weighted by molar-refractivity contribution is 0.0467. The third kappa shape index (κ3) is 4.91. The molecule has 1 aromatic heterocycles. The summed E-state index contributed by atoms with van der Waals surface area (Å²) in [5.74, 6) is 0.945. The van der Waals surface area contributed by atoms with Crippen LogP contribution in [-0.4, -0.2) is 46.7 Å². The predicted octanol–water partition coefficient (Wildman–Crippen LogP) is 7.27. The smallest absolute Gasteiger partial charge is 0.251 e. The topological polar surface area (TPSA) is 70.2 Å². The first-order valence-corrected chi connectivity index (χ1v) is 14.4. The molecule has 1 atom stereocenters. The van der Waals surface area contributed by atoms with Gasteiger partial charge in [-0.2, -0.15) is 5.10 Å². The van der Waals surface area contributed by atoms with E-state index in [4.69, 9.17) is 16.3 Å². The first kappa shape index (κ1) is 26.6. The maximum atomic E-state index is 13.4. The second-order valence-electron chi connectivity index (χ2n) is 11.6. The van der Waals surface area contributed by atoms with Crippen molar-refractivity contribution in [2.75, 3.05) is 20.1 Å². The van der Waals surface area contributed by atoms with Gasteiger partial charge in [0.15, 0.2) is 0 Å². The van der Waals surface area contributed by atoms with Crippen molar-refractivity contribution < 1.29 is 9.53 Å². The number of fused-ring (bicyclic) bond motifs is 2. The highest BCUT2D eigenvalue weighted by Crippen LogP contribution is 2.42. The first-order valence-electron chi connectivity index (χ1n) is 14.0. The van der Waals surface area contributed by atoms with E-state index in [1.807, 2.05) is 42.5 Å². The van der Waals surface area contributed by atoms with Crippen LogP contribution in [0.5, 0.6) is 5.75 Å². The summed E-state index contributed by atoms with van der Waals surface area (Å²) >= 11 is 6.48. The highest BCUT2D eigenvalue weighted by Gasteiger charge is 2.37. The van der Waals surface area contributed by atoms with Gasteiger partial charge in [0.1, 0.15) is 11.4 Å². The zero-order valence-corrected chi connectivity index (χ0v) is 24.2. The minimum atomic E-state index is -0.218. The summed E-state index contributed by atoms with van der Waals surface area (Å²) in [6.07, 6.45) is 4.29. The summed E-state index contributed by atoms with van der Waals surface area (Å²) in [6.45, 7) is 8.39. The van der Waals surface area contributed by atoms with E-state index in [2.05, 4.69) is 72.5 Å². The molecule has 2 aliphatic heterocycles. The van der Waals surface area contributed by atoms with Crippen molar-refractivity contribution in [2.45, 2.75) is 45.3 Å². The van der Waals surface area contributed by atoms with Crippen LogP contribution in [0.15, 0.2) is 66.7 Å². The van der Waals surface area contributed by atoms with Crippen LogP contribution in [0.2, 0.25) is 5.02 Å². The molecule has 1 spiro atoms. The summed E-state index contributed by atoms with van der Waals surface area (Å²) in [4.78, 5) is 15.8.